The molecule has 4 nitrogen and oxygen atoms in total. The lowest BCUT2D eigenvalue weighted by Crippen LogP contribution is -2.42. The van der Waals surface area contributed by atoms with Gasteiger partial charge in [0.25, 0.3) is 5.92 Å². The van der Waals surface area contributed by atoms with Gasteiger partial charge in [-0.25, -0.2) is 18.0 Å². The van der Waals surface area contributed by atoms with Crippen molar-refractivity contribution in [3.8, 4) is 0 Å². The van der Waals surface area contributed by atoms with E-state index in [1.807, 2.05) is 0 Å². The highest BCUT2D eigenvalue weighted by atomic mass is 19.4. The van der Waals surface area contributed by atoms with Gasteiger partial charge in [-0.3, -0.25) is 0 Å². The molecule has 1 saturated heterocycles. The van der Waals surface area contributed by atoms with Crippen LogP contribution in [0.4, 0.5) is 31.1 Å². The quantitative estimate of drug-likeness (QED) is 0.341. The minimum atomic E-state index is -4.85. The molecule has 3 unspecified atom stereocenters. The number of urea groups is 1. The van der Waals surface area contributed by atoms with E-state index in [-0.39, 0.29) is 12.1 Å². The van der Waals surface area contributed by atoms with E-state index in [1.165, 1.54) is 37.1 Å². The lowest BCUT2D eigenvalue weighted by Gasteiger charge is -2.35. The number of benzene rings is 2. The zero-order valence-corrected chi connectivity index (χ0v) is 19.7. The molecule has 3 atom stereocenters. The molecule has 2 aromatic rings. The Morgan fingerprint density at radius 2 is 1.74 bits per heavy atom. The molecule has 0 radical (unpaired) electrons. The summed E-state index contributed by atoms with van der Waals surface area (Å²) >= 11 is 0. The number of halogens is 6. The maximum atomic E-state index is 13.9. The summed E-state index contributed by atoms with van der Waals surface area (Å²) in [5.74, 6) is -4.54. The Morgan fingerprint density at radius 3 is 2.29 bits per heavy atom. The fourth-order valence-corrected chi connectivity index (χ4v) is 4.44. The molecule has 3 rings (SSSR count). The third-order valence-corrected chi connectivity index (χ3v) is 6.57. The van der Waals surface area contributed by atoms with Crippen molar-refractivity contribution >= 4 is 12.3 Å². The third-order valence-electron chi connectivity index (χ3n) is 6.57. The molecule has 1 aliphatic rings. The third kappa shape index (κ3) is 5.46. The number of alkyl halides is 5. The van der Waals surface area contributed by atoms with Gasteiger partial charge < -0.3 is 14.6 Å². The van der Waals surface area contributed by atoms with Gasteiger partial charge in [-0.2, -0.15) is 13.2 Å². The van der Waals surface area contributed by atoms with Crippen LogP contribution in [-0.4, -0.2) is 35.7 Å². The van der Waals surface area contributed by atoms with Gasteiger partial charge in [0.1, 0.15) is 12.1 Å². The lowest BCUT2D eigenvalue weighted by molar-refractivity contribution is -0.137. The van der Waals surface area contributed by atoms with Gasteiger partial charge in [0.2, 0.25) is 0 Å². The van der Waals surface area contributed by atoms with E-state index >= 15 is 0 Å². The molecular weight excluding hydrogens is 474 g/mol. The van der Waals surface area contributed by atoms with E-state index in [2.05, 4.69) is 0 Å². The molecular formula is C25H26F6N2O2. The minimum absolute atomic E-state index is 0.104. The van der Waals surface area contributed by atoms with Crippen LogP contribution in [0.25, 0.3) is 0 Å². The summed E-state index contributed by atoms with van der Waals surface area (Å²) in [6.07, 6.45) is -3.77. The predicted molar refractivity (Wildman–Crippen MR) is 117 cm³/mol. The number of carbonyl (C=O) groups is 2. The average molecular weight is 500 g/mol. The van der Waals surface area contributed by atoms with Crippen LogP contribution in [-0.2, 0) is 16.9 Å². The Bertz CT molecular complexity index is 1080. The molecule has 0 aliphatic carbocycles. The first kappa shape index (κ1) is 26.6. The highest BCUT2D eigenvalue weighted by molar-refractivity contribution is 5.77. The Hall–Kier alpha value is -3.04. The first-order valence-electron chi connectivity index (χ1n) is 11.0. The molecule has 2 aromatic carbocycles. The summed E-state index contributed by atoms with van der Waals surface area (Å²) in [4.78, 5) is 27.7. The van der Waals surface area contributed by atoms with Gasteiger partial charge in [0, 0.05) is 32.0 Å². The maximum absolute atomic E-state index is 13.9. The summed E-state index contributed by atoms with van der Waals surface area (Å²) in [6, 6.07) is 3.88. The van der Waals surface area contributed by atoms with Crippen LogP contribution in [0, 0.1) is 18.7 Å². The Morgan fingerprint density at radius 1 is 1.11 bits per heavy atom. The molecule has 0 spiro atoms. The zero-order valence-electron chi connectivity index (χ0n) is 19.7. The van der Waals surface area contributed by atoms with Gasteiger partial charge in [-0.15, -0.1) is 0 Å². The highest BCUT2D eigenvalue weighted by Crippen LogP contribution is 2.40. The molecule has 190 valence electrons. The molecule has 0 bridgehead atoms. The van der Waals surface area contributed by atoms with E-state index in [9.17, 15) is 35.9 Å². The number of rotatable bonds is 5. The van der Waals surface area contributed by atoms with Crippen molar-refractivity contribution in [1.82, 2.24) is 9.80 Å². The number of likely N-dealkylation sites (tertiary alicyclic amines) is 1. The highest BCUT2D eigenvalue weighted by Gasteiger charge is 2.41. The van der Waals surface area contributed by atoms with E-state index in [0.29, 0.717) is 30.5 Å². The van der Waals surface area contributed by atoms with Crippen molar-refractivity contribution in [1.29, 1.82) is 0 Å². The van der Waals surface area contributed by atoms with Gasteiger partial charge in [0.15, 0.2) is 0 Å². The molecule has 1 aliphatic heterocycles. The lowest BCUT2D eigenvalue weighted by atomic mass is 9.92. The van der Waals surface area contributed by atoms with Crippen molar-refractivity contribution in [2.24, 2.45) is 5.92 Å². The van der Waals surface area contributed by atoms with Crippen molar-refractivity contribution < 1.29 is 35.9 Å². The van der Waals surface area contributed by atoms with Gasteiger partial charge >= 0.3 is 12.2 Å². The summed E-state index contributed by atoms with van der Waals surface area (Å²) in [6.45, 7) is 3.80. The van der Waals surface area contributed by atoms with Crippen molar-refractivity contribution in [3.63, 3.8) is 0 Å². The molecule has 1 heterocycles. The van der Waals surface area contributed by atoms with E-state index in [4.69, 9.17) is 0 Å². The van der Waals surface area contributed by atoms with Gasteiger partial charge in [0.05, 0.1) is 17.6 Å². The smallest absolute Gasteiger partial charge is 0.321 e. The first-order valence-corrected chi connectivity index (χ1v) is 11.0. The SMILES string of the molecule is Cc1cc(F)ccc1C1C(C=O)CCN1C(=O)N(C)C(C)c1cc(C(C)(F)F)cc(C(F)(F)F)c1. The normalized spacial score (nSPS) is 19.5. The Labute approximate surface area is 199 Å². The number of aryl methyl sites for hydroxylation is 1. The van der Waals surface area contributed by atoms with Crippen LogP contribution in [0.1, 0.15) is 60.2 Å². The summed E-state index contributed by atoms with van der Waals surface area (Å²) in [5.41, 5.74) is -1.02. The van der Waals surface area contributed by atoms with Crippen LogP contribution in [0.15, 0.2) is 36.4 Å². The van der Waals surface area contributed by atoms with Crippen LogP contribution < -0.4 is 0 Å². The maximum Gasteiger partial charge on any atom is 0.416 e. The standard InChI is InChI=1S/C25H26F6N2O2/c1-14-9-20(26)5-6-21(14)22-16(13-34)7-8-33(22)23(35)32(4)15(2)17-10-18(24(3,27)28)12-19(11-17)25(29,30)31/h5-6,9-13,15-16,22H,7-8H2,1-4H3. The van der Waals surface area contributed by atoms with E-state index < -0.39 is 53.1 Å². The topological polar surface area (TPSA) is 40.6 Å². The van der Waals surface area contributed by atoms with Crippen LogP contribution in [0.5, 0.6) is 0 Å². The monoisotopic (exact) mass is 500 g/mol. The fraction of sp³-hybridized carbons (Fsp3) is 0.440. The second kappa shape index (κ2) is 9.54. The second-order valence-corrected chi connectivity index (χ2v) is 9.03. The number of hydrogen-bond donors (Lipinski definition) is 0. The predicted octanol–water partition coefficient (Wildman–Crippen LogP) is 6.64. The fourth-order valence-electron chi connectivity index (χ4n) is 4.44. The molecule has 10 heteroatoms. The summed E-state index contributed by atoms with van der Waals surface area (Å²) in [5, 5.41) is 0. The van der Waals surface area contributed by atoms with Crippen LogP contribution in [0.3, 0.4) is 0 Å². The number of nitrogens with zero attached hydrogens (tertiary/aromatic N) is 2. The molecule has 0 aromatic heterocycles. The Kier molecular flexibility index (Phi) is 7.24. The van der Waals surface area contributed by atoms with E-state index in [1.54, 1.807) is 6.92 Å². The molecule has 35 heavy (non-hydrogen) atoms. The van der Waals surface area contributed by atoms with Crippen LogP contribution >= 0.6 is 0 Å². The van der Waals surface area contributed by atoms with Crippen LogP contribution in [0.2, 0.25) is 0 Å². The van der Waals surface area contributed by atoms with Crippen molar-refractivity contribution in [3.05, 3.63) is 70.0 Å². The van der Waals surface area contributed by atoms with Gasteiger partial charge in [-0.1, -0.05) is 6.07 Å². The van der Waals surface area contributed by atoms with Crippen molar-refractivity contribution in [2.75, 3.05) is 13.6 Å². The zero-order chi connectivity index (χ0) is 26.3. The number of carbonyl (C=O) groups excluding carboxylic acids is 2. The molecule has 1 fully saturated rings. The second-order valence-electron chi connectivity index (χ2n) is 9.03. The number of hydrogen-bond acceptors (Lipinski definition) is 2. The Balaban J connectivity index is 1.97. The molecule has 2 amide bonds. The summed E-state index contributed by atoms with van der Waals surface area (Å²) in [7, 11) is 1.36. The first-order chi connectivity index (χ1) is 16.1. The van der Waals surface area contributed by atoms with Crippen molar-refractivity contribution in [2.45, 2.75) is 51.4 Å². The molecule has 0 saturated carbocycles. The number of aldehydes is 1. The van der Waals surface area contributed by atoms with E-state index in [0.717, 1.165) is 23.3 Å². The molecule has 0 N–H and O–H groups in total. The minimum Gasteiger partial charge on any atom is -0.321 e. The average Bonchev–Trinajstić information content (AvgIpc) is 3.19. The number of amides is 2. The summed E-state index contributed by atoms with van der Waals surface area (Å²) < 4.78 is 81.7. The van der Waals surface area contributed by atoms with Gasteiger partial charge in [-0.05, 0) is 67.3 Å². The largest absolute Gasteiger partial charge is 0.416 e.